The first-order valence-corrected chi connectivity index (χ1v) is 15.9. The zero-order valence-electron chi connectivity index (χ0n) is 20.2. The monoisotopic (exact) mass is 464 g/mol. The third-order valence-corrected chi connectivity index (χ3v) is 8.02. The molecule has 1 fully saturated rings. The van der Waals surface area contributed by atoms with E-state index in [-0.39, 0.29) is 30.5 Å². The van der Waals surface area contributed by atoms with Crippen molar-refractivity contribution in [1.29, 1.82) is 0 Å². The standard InChI is InChI=1S/C23H40N4O4Si/c1-5-12-26-22(29)19-21(25(23(26)30)13-9-14-28)24-20(18-10-7-6-8-11-18)27(19)17-31-15-16-32(2,3)4/h18,28H,5-17H2,1-4H3. The second kappa shape index (κ2) is 10.9. The Balaban J connectivity index is 2.13. The molecule has 180 valence electrons. The lowest BCUT2D eigenvalue weighted by Gasteiger charge is -2.22. The van der Waals surface area contributed by atoms with Crippen LogP contribution >= 0.6 is 0 Å². The molecule has 1 saturated carbocycles. The van der Waals surface area contributed by atoms with Crippen LogP contribution in [0.15, 0.2) is 9.59 Å². The van der Waals surface area contributed by atoms with Crippen LogP contribution in [0.25, 0.3) is 11.2 Å². The molecule has 0 atom stereocenters. The lowest BCUT2D eigenvalue weighted by atomic mass is 9.89. The van der Waals surface area contributed by atoms with E-state index in [0.29, 0.717) is 43.7 Å². The van der Waals surface area contributed by atoms with Gasteiger partial charge in [-0.05, 0) is 31.7 Å². The highest BCUT2D eigenvalue weighted by atomic mass is 28.3. The fraction of sp³-hybridized carbons (Fsp3) is 0.783. The van der Waals surface area contributed by atoms with Gasteiger partial charge in [-0.15, -0.1) is 0 Å². The molecule has 1 N–H and O–H groups in total. The lowest BCUT2D eigenvalue weighted by molar-refractivity contribution is 0.0863. The van der Waals surface area contributed by atoms with E-state index < -0.39 is 8.07 Å². The van der Waals surface area contributed by atoms with Crippen molar-refractivity contribution in [2.24, 2.45) is 0 Å². The van der Waals surface area contributed by atoms with Crippen molar-refractivity contribution >= 4 is 19.2 Å². The number of aryl methyl sites for hydroxylation is 1. The molecule has 0 aromatic carbocycles. The smallest absolute Gasteiger partial charge is 0.332 e. The van der Waals surface area contributed by atoms with E-state index in [2.05, 4.69) is 19.6 Å². The molecule has 0 amide bonds. The van der Waals surface area contributed by atoms with E-state index in [1.165, 1.54) is 11.0 Å². The van der Waals surface area contributed by atoms with Crippen molar-refractivity contribution in [2.75, 3.05) is 13.2 Å². The predicted molar refractivity (Wildman–Crippen MR) is 130 cm³/mol. The number of aromatic nitrogens is 4. The first-order valence-electron chi connectivity index (χ1n) is 12.2. The summed E-state index contributed by atoms with van der Waals surface area (Å²) in [4.78, 5) is 31.5. The molecule has 0 saturated heterocycles. The molecule has 2 heterocycles. The second-order valence-corrected chi connectivity index (χ2v) is 15.8. The highest BCUT2D eigenvalue weighted by molar-refractivity contribution is 6.76. The maximum Gasteiger partial charge on any atom is 0.332 e. The number of aliphatic hydroxyl groups excluding tert-OH is 1. The number of aliphatic hydroxyl groups is 1. The van der Waals surface area contributed by atoms with E-state index in [1.54, 1.807) is 4.57 Å². The molecule has 9 heteroatoms. The molecule has 0 unspecified atom stereocenters. The van der Waals surface area contributed by atoms with Crippen LogP contribution in [0.4, 0.5) is 0 Å². The van der Waals surface area contributed by atoms with Crippen molar-refractivity contribution in [3.8, 4) is 0 Å². The fourth-order valence-corrected chi connectivity index (χ4v) is 5.25. The van der Waals surface area contributed by atoms with Gasteiger partial charge in [-0.2, -0.15) is 0 Å². The summed E-state index contributed by atoms with van der Waals surface area (Å²) in [5.41, 5.74) is 0.285. The van der Waals surface area contributed by atoms with E-state index in [9.17, 15) is 14.7 Å². The van der Waals surface area contributed by atoms with Crippen molar-refractivity contribution in [3.05, 3.63) is 26.7 Å². The minimum Gasteiger partial charge on any atom is -0.396 e. The Bertz CT molecular complexity index is 1010. The van der Waals surface area contributed by atoms with Crippen LogP contribution in [0.3, 0.4) is 0 Å². The summed E-state index contributed by atoms with van der Waals surface area (Å²) in [6.45, 7) is 10.5. The van der Waals surface area contributed by atoms with Gasteiger partial charge in [-0.1, -0.05) is 45.8 Å². The second-order valence-electron chi connectivity index (χ2n) is 10.2. The number of imidazole rings is 1. The molecule has 3 rings (SSSR count). The fourth-order valence-electron chi connectivity index (χ4n) is 4.50. The summed E-state index contributed by atoms with van der Waals surface area (Å²) in [5, 5.41) is 9.36. The summed E-state index contributed by atoms with van der Waals surface area (Å²) in [6.07, 6.45) is 6.76. The molecule has 2 aromatic rings. The van der Waals surface area contributed by atoms with E-state index in [4.69, 9.17) is 9.72 Å². The summed E-state index contributed by atoms with van der Waals surface area (Å²) in [6, 6.07) is 1.06. The number of nitrogens with zero attached hydrogens (tertiary/aromatic N) is 4. The Morgan fingerprint density at radius 2 is 1.78 bits per heavy atom. The van der Waals surface area contributed by atoms with Crippen LogP contribution in [-0.2, 0) is 24.6 Å². The molecule has 32 heavy (non-hydrogen) atoms. The third kappa shape index (κ3) is 5.61. The largest absolute Gasteiger partial charge is 0.396 e. The van der Waals surface area contributed by atoms with Crippen molar-refractivity contribution < 1.29 is 9.84 Å². The van der Waals surface area contributed by atoms with Crippen molar-refractivity contribution in [3.63, 3.8) is 0 Å². The Morgan fingerprint density at radius 3 is 2.41 bits per heavy atom. The maximum absolute atomic E-state index is 13.5. The van der Waals surface area contributed by atoms with Crippen molar-refractivity contribution in [2.45, 2.75) is 103 Å². The number of hydrogen-bond donors (Lipinski definition) is 1. The molecular formula is C23H40N4O4Si. The van der Waals surface area contributed by atoms with Crippen LogP contribution in [0.5, 0.6) is 0 Å². The first-order chi connectivity index (χ1) is 15.3. The number of fused-ring (bicyclic) bond motifs is 1. The predicted octanol–water partition coefficient (Wildman–Crippen LogP) is 3.51. The molecule has 1 aliphatic carbocycles. The molecule has 1 aliphatic rings. The highest BCUT2D eigenvalue weighted by Crippen LogP contribution is 2.33. The molecule has 0 aliphatic heterocycles. The highest BCUT2D eigenvalue weighted by Gasteiger charge is 2.27. The van der Waals surface area contributed by atoms with Crippen LogP contribution in [0.1, 0.15) is 63.6 Å². The zero-order chi connectivity index (χ0) is 23.3. The molecule has 8 nitrogen and oxygen atoms in total. The maximum atomic E-state index is 13.5. The van der Waals surface area contributed by atoms with Crippen LogP contribution < -0.4 is 11.2 Å². The van der Waals surface area contributed by atoms with Gasteiger partial charge in [0.2, 0.25) is 0 Å². The number of ether oxygens (including phenoxy) is 1. The van der Waals surface area contributed by atoms with Gasteiger partial charge in [0.15, 0.2) is 11.2 Å². The van der Waals surface area contributed by atoms with Crippen LogP contribution in [-0.4, -0.2) is 45.1 Å². The molecule has 2 aromatic heterocycles. The SMILES string of the molecule is CCCn1c(=O)c2c(nc(C3CCCCC3)n2COCC[Si](C)(C)C)n(CCCO)c1=O. The van der Waals surface area contributed by atoms with Crippen LogP contribution in [0.2, 0.25) is 25.7 Å². The summed E-state index contributed by atoms with van der Waals surface area (Å²) < 4.78 is 10.9. The first kappa shape index (κ1) is 24.9. The van der Waals surface area contributed by atoms with E-state index in [0.717, 1.165) is 37.6 Å². The average Bonchev–Trinajstić information content (AvgIpc) is 3.13. The number of rotatable bonds is 11. The van der Waals surface area contributed by atoms with Gasteiger partial charge in [0.05, 0.1) is 0 Å². The normalized spacial score (nSPS) is 15.7. The Morgan fingerprint density at radius 1 is 1.06 bits per heavy atom. The Kier molecular flexibility index (Phi) is 8.52. The zero-order valence-corrected chi connectivity index (χ0v) is 21.2. The Labute approximate surface area is 191 Å². The quantitative estimate of drug-likeness (QED) is 0.406. The minimum absolute atomic E-state index is 0.0170. The van der Waals surface area contributed by atoms with Gasteiger partial charge in [0, 0.05) is 40.3 Å². The lowest BCUT2D eigenvalue weighted by Crippen LogP contribution is -2.40. The van der Waals surface area contributed by atoms with Gasteiger partial charge in [0.25, 0.3) is 5.56 Å². The summed E-state index contributed by atoms with van der Waals surface area (Å²) >= 11 is 0. The third-order valence-electron chi connectivity index (χ3n) is 6.32. The Hall–Kier alpha value is -1.71. The van der Waals surface area contributed by atoms with Gasteiger partial charge in [-0.25, -0.2) is 9.78 Å². The summed E-state index contributed by atoms with van der Waals surface area (Å²) in [7, 11) is -1.23. The summed E-state index contributed by atoms with van der Waals surface area (Å²) in [5.74, 6) is 1.15. The van der Waals surface area contributed by atoms with Gasteiger partial charge in [0.1, 0.15) is 12.6 Å². The van der Waals surface area contributed by atoms with E-state index in [1.807, 2.05) is 11.5 Å². The topological polar surface area (TPSA) is 91.3 Å². The molecule has 0 spiro atoms. The average molecular weight is 465 g/mol. The van der Waals surface area contributed by atoms with Crippen molar-refractivity contribution in [1.82, 2.24) is 18.7 Å². The molecular weight excluding hydrogens is 424 g/mol. The van der Waals surface area contributed by atoms with E-state index >= 15 is 0 Å². The molecule has 0 bridgehead atoms. The van der Waals surface area contributed by atoms with Gasteiger partial charge >= 0.3 is 5.69 Å². The molecule has 0 radical (unpaired) electrons. The number of hydrogen-bond acceptors (Lipinski definition) is 5. The minimum atomic E-state index is -1.23. The van der Waals surface area contributed by atoms with Gasteiger partial charge in [-0.3, -0.25) is 18.5 Å². The van der Waals surface area contributed by atoms with Crippen LogP contribution in [0, 0.1) is 0 Å². The van der Waals surface area contributed by atoms with Gasteiger partial charge < -0.3 is 9.84 Å².